The summed E-state index contributed by atoms with van der Waals surface area (Å²) in [6, 6.07) is 15.1. The van der Waals surface area contributed by atoms with E-state index in [9.17, 15) is 4.79 Å². The van der Waals surface area contributed by atoms with Gasteiger partial charge >= 0.3 is 0 Å². The number of aryl methyl sites for hydroxylation is 1. The summed E-state index contributed by atoms with van der Waals surface area (Å²) >= 11 is 1.62. The molecule has 0 saturated heterocycles. The lowest BCUT2D eigenvalue weighted by molar-refractivity contribution is -0.118. The third kappa shape index (κ3) is 4.72. The number of amides is 1. The number of benzene rings is 1. The van der Waals surface area contributed by atoms with Gasteiger partial charge in [-0.25, -0.2) is 0 Å². The van der Waals surface area contributed by atoms with Crippen molar-refractivity contribution in [3.05, 3.63) is 77.1 Å². The van der Waals surface area contributed by atoms with E-state index in [1.54, 1.807) is 35.7 Å². The molecule has 0 aliphatic heterocycles. The monoisotopic (exact) mass is 420 g/mol. The van der Waals surface area contributed by atoms with Gasteiger partial charge in [-0.3, -0.25) is 9.78 Å². The summed E-state index contributed by atoms with van der Waals surface area (Å²) in [5, 5.41) is 5.99. The smallest absolute Gasteiger partial charge is 0.227 e. The summed E-state index contributed by atoms with van der Waals surface area (Å²) in [5.41, 5.74) is 1.59. The van der Waals surface area contributed by atoms with Crippen molar-refractivity contribution >= 4 is 22.9 Å². The fraction of sp³-hybridized carbons (Fsp3) is 0.182. The van der Waals surface area contributed by atoms with Gasteiger partial charge in [0.2, 0.25) is 17.6 Å². The third-order valence-corrected chi connectivity index (χ3v) is 5.38. The first-order valence-electron chi connectivity index (χ1n) is 9.43. The van der Waals surface area contributed by atoms with E-state index in [0.29, 0.717) is 24.7 Å². The van der Waals surface area contributed by atoms with Crippen molar-refractivity contribution in [1.82, 2.24) is 15.1 Å². The molecule has 152 valence electrons. The number of methoxy groups -OCH3 is 1. The SMILES string of the molecule is COc1ccc(N(Cc2cccs2)C(=O)CCc2nc(-c3cccnc3)no2)cc1. The van der Waals surface area contributed by atoms with Crippen LogP contribution in [0.15, 0.2) is 70.8 Å². The highest BCUT2D eigenvalue weighted by atomic mass is 32.1. The lowest BCUT2D eigenvalue weighted by Gasteiger charge is -2.22. The van der Waals surface area contributed by atoms with Crippen LogP contribution in [-0.4, -0.2) is 28.1 Å². The van der Waals surface area contributed by atoms with E-state index in [1.807, 2.05) is 53.9 Å². The van der Waals surface area contributed by atoms with Crippen LogP contribution < -0.4 is 9.64 Å². The molecular weight excluding hydrogens is 400 g/mol. The number of carbonyl (C=O) groups is 1. The standard InChI is InChI=1S/C22H20N4O3S/c1-28-18-8-6-17(7-9-18)26(15-19-5-3-13-30-19)21(27)11-10-20-24-22(25-29-20)16-4-2-12-23-14-16/h2-9,12-14H,10-11,15H2,1H3. The Hall–Kier alpha value is -3.52. The molecule has 1 aromatic carbocycles. The van der Waals surface area contributed by atoms with Gasteiger partial charge in [-0.15, -0.1) is 11.3 Å². The van der Waals surface area contributed by atoms with E-state index >= 15 is 0 Å². The molecule has 0 saturated carbocycles. The van der Waals surface area contributed by atoms with Gasteiger partial charge < -0.3 is 14.2 Å². The molecule has 30 heavy (non-hydrogen) atoms. The van der Waals surface area contributed by atoms with Crippen LogP contribution in [0.4, 0.5) is 5.69 Å². The molecule has 1 amide bonds. The highest BCUT2D eigenvalue weighted by Gasteiger charge is 2.19. The molecule has 7 nitrogen and oxygen atoms in total. The topological polar surface area (TPSA) is 81.4 Å². The lowest BCUT2D eigenvalue weighted by atomic mass is 10.2. The number of pyridine rings is 1. The van der Waals surface area contributed by atoms with Gasteiger partial charge in [-0.05, 0) is 47.8 Å². The summed E-state index contributed by atoms with van der Waals surface area (Å²) in [7, 11) is 1.62. The molecule has 0 fully saturated rings. The van der Waals surface area contributed by atoms with Gasteiger partial charge in [0, 0.05) is 41.4 Å². The molecule has 0 atom stereocenters. The van der Waals surface area contributed by atoms with Crippen LogP contribution in [0.25, 0.3) is 11.4 Å². The molecule has 0 unspecified atom stereocenters. The molecule has 0 N–H and O–H groups in total. The first-order valence-corrected chi connectivity index (χ1v) is 10.3. The van der Waals surface area contributed by atoms with Crippen LogP contribution in [0.3, 0.4) is 0 Å². The average Bonchev–Trinajstić information content (AvgIpc) is 3.49. The number of anilines is 1. The largest absolute Gasteiger partial charge is 0.497 e. The van der Waals surface area contributed by atoms with Crippen molar-refractivity contribution in [3.8, 4) is 17.1 Å². The predicted octanol–water partition coefficient (Wildman–Crippen LogP) is 4.37. The Labute approximate surface area is 178 Å². The Morgan fingerprint density at radius 3 is 2.73 bits per heavy atom. The lowest BCUT2D eigenvalue weighted by Crippen LogP contribution is -2.30. The quantitative estimate of drug-likeness (QED) is 0.421. The van der Waals surface area contributed by atoms with E-state index in [-0.39, 0.29) is 12.3 Å². The van der Waals surface area contributed by atoms with Crippen molar-refractivity contribution in [2.45, 2.75) is 19.4 Å². The Morgan fingerprint density at radius 2 is 2.03 bits per heavy atom. The fourth-order valence-corrected chi connectivity index (χ4v) is 3.65. The highest BCUT2D eigenvalue weighted by Crippen LogP contribution is 2.24. The molecule has 3 heterocycles. The summed E-state index contributed by atoms with van der Waals surface area (Å²) < 4.78 is 10.5. The maximum Gasteiger partial charge on any atom is 0.227 e. The van der Waals surface area contributed by atoms with Crippen molar-refractivity contribution < 1.29 is 14.1 Å². The molecule has 0 aliphatic carbocycles. The summed E-state index contributed by atoms with van der Waals surface area (Å²) in [5.74, 6) is 1.62. The number of hydrogen-bond donors (Lipinski definition) is 0. The van der Waals surface area contributed by atoms with Gasteiger partial charge in [-0.1, -0.05) is 11.2 Å². The molecule has 4 aromatic rings. The van der Waals surface area contributed by atoms with Crippen molar-refractivity contribution in [2.75, 3.05) is 12.0 Å². The van der Waals surface area contributed by atoms with Crippen LogP contribution in [-0.2, 0) is 17.8 Å². The predicted molar refractivity (Wildman–Crippen MR) is 114 cm³/mol. The van der Waals surface area contributed by atoms with Crippen molar-refractivity contribution in [1.29, 1.82) is 0 Å². The van der Waals surface area contributed by atoms with Crippen LogP contribution in [0.5, 0.6) is 5.75 Å². The van der Waals surface area contributed by atoms with Crippen LogP contribution >= 0.6 is 11.3 Å². The Bertz CT molecular complexity index is 1080. The zero-order valence-corrected chi connectivity index (χ0v) is 17.2. The first-order chi connectivity index (χ1) is 14.7. The minimum absolute atomic E-state index is 0.0188. The van der Waals surface area contributed by atoms with Gasteiger partial charge in [0.05, 0.1) is 13.7 Å². The van der Waals surface area contributed by atoms with Gasteiger partial charge in [0.15, 0.2) is 0 Å². The van der Waals surface area contributed by atoms with E-state index in [1.165, 1.54) is 0 Å². The third-order valence-electron chi connectivity index (χ3n) is 4.52. The second kappa shape index (κ2) is 9.32. The summed E-state index contributed by atoms with van der Waals surface area (Å²) in [6.07, 6.45) is 3.98. The number of rotatable bonds is 8. The number of carbonyl (C=O) groups excluding carboxylic acids is 1. The van der Waals surface area contributed by atoms with Crippen molar-refractivity contribution in [2.24, 2.45) is 0 Å². The maximum absolute atomic E-state index is 13.1. The molecule has 3 aromatic heterocycles. The Balaban J connectivity index is 1.47. The molecular formula is C22H20N4O3S. The second-order valence-electron chi connectivity index (χ2n) is 6.51. The van der Waals surface area contributed by atoms with E-state index < -0.39 is 0 Å². The Morgan fingerprint density at radius 1 is 1.17 bits per heavy atom. The highest BCUT2D eigenvalue weighted by molar-refractivity contribution is 7.09. The van der Waals surface area contributed by atoms with E-state index in [2.05, 4.69) is 15.1 Å². The molecule has 8 heteroatoms. The van der Waals surface area contributed by atoms with Crippen LogP contribution in [0.2, 0.25) is 0 Å². The minimum atomic E-state index is -0.0188. The number of aromatic nitrogens is 3. The number of thiophene rings is 1. The summed E-state index contributed by atoms with van der Waals surface area (Å²) in [6.45, 7) is 0.508. The molecule has 4 rings (SSSR count). The van der Waals surface area contributed by atoms with Gasteiger partial charge in [0.1, 0.15) is 5.75 Å². The first kappa shape index (κ1) is 19.8. The van der Waals surface area contributed by atoms with Gasteiger partial charge in [-0.2, -0.15) is 4.98 Å². The zero-order chi connectivity index (χ0) is 20.8. The Kier molecular flexibility index (Phi) is 6.14. The molecule has 0 radical (unpaired) electrons. The summed E-state index contributed by atoms with van der Waals surface area (Å²) in [4.78, 5) is 24.4. The zero-order valence-electron chi connectivity index (χ0n) is 16.4. The normalized spacial score (nSPS) is 10.7. The van der Waals surface area contributed by atoms with Crippen molar-refractivity contribution in [3.63, 3.8) is 0 Å². The van der Waals surface area contributed by atoms with Crippen LogP contribution in [0.1, 0.15) is 17.2 Å². The average molecular weight is 420 g/mol. The minimum Gasteiger partial charge on any atom is -0.497 e. The second-order valence-corrected chi connectivity index (χ2v) is 7.54. The van der Waals surface area contributed by atoms with Crippen LogP contribution in [0, 0.1) is 0 Å². The maximum atomic E-state index is 13.1. The molecule has 0 aliphatic rings. The fourth-order valence-electron chi connectivity index (χ4n) is 2.96. The number of hydrogen-bond acceptors (Lipinski definition) is 7. The number of nitrogens with zero attached hydrogens (tertiary/aromatic N) is 4. The number of ether oxygens (including phenoxy) is 1. The molecule has 0 bridgehead atoms. The van der Waals surface area contributed by atoms with E-state index in [4.69, 9.17) is 9.26 Å². The van der Waals surface area contributed by atoms with Gasteiger partial charge in [0.25, 0.3) is 0 Å². The van der Waals surface area contributed by atoms with E-state index in [0.717, 1.165) is 21.9 Å². The molecule has 0 spiro atoms.